The number of carbonyl (C=O) groups is 1. The van der Waals surface area contributed by atoms with Crippen molar-refractivity contribution in [2.45, 2.75) is 179 Å². The second kappa shape index (κ2) is 11.5. The van der Waals surface area contributed by atoms with Gasteiger partial charge in [0.1, 0.15) is 17.8 Å². The van der Waals surface area contributed by atoms with E-state index in [1.54, 1.807) is 0 Å². The summed E-state index contributed by atoms with van der Waals surface area (Å²) < 4.78 is 39.4. The van der Waals surface area contributed by atoms with E-state index in [-0.39, 0.29) is 41.6 Å². The minimum absolute atomic E-state index is 0.0238. The van der Waals surface area contributed by atoms with E-state index in [1.807, 2.05) is 34.6 Å². The molecule has 11 nitrogen and oxygen atoms in total. The van der Waals surface area contributed by atoms with Crippen LogP contribution in [0.1, 0.15) is 120 Å². The number of hydrogen-bond acceptors (Lipinski definition) is 11. The molecule has 2 aliphatic carbocycles. The minimum Gasteiger partial charge on any atom is -0.429 e. The summed E-state index contributed by atoms with van der Waals surface area (Å²) in [5, 5.41) is 0. The fraction of sp³-hybridized carbons (Fsp3) is 0.973. The van der Waals surface area contributed by atoms with Crippen molar-refractivity contribution in [3.8, 4) is 0 Å². The molecule has 0 amide bonds. The predicted molar refractivity (Wildman–Crippen MR) is 169 cm³/mol. The summed E-state index contributed by atoms with van der Waals surface area (Å²) in [7, 11) is 0. The van der Waals surface area contributed by atoms with Gasteiger partial charge in [0, 0.05) is 31.1 Å². The molecule has 2 saturated carbocycles. The molecule has 8 aliphatic heterocycles. The zero-order chi connectivity index (χ0) is 34.0. The van der Waals surface area contributed by atoms with E-state index in [2.05, 4.69) is 27.7 Å². The van der Waals surface area contributed by atoms with E-state index >= 15 is 0 Å². The monoisotopic (exact) mass is 678 g/mol. The van der Waals surface area contributed by atoms with Crippen LogP contribution in [0.2, 0.25) is 0 Å². The summed E-state index contributed by atoms with van der Waals surface area (Å²) in [5.74, 6) is -0.0190. The Morgan fingerprint density at radius 2 is 1.23 bits per heavy atom. The fourth-order valence-electron chi connectivity index (χ4n) is 11.5. The van der Waals surface area contributed by atoms with Gasteiger partial charge in [-0.15, -0.1) is 0 Å². The average molecular weight is 679 g/mol. The molecule has 3 unspecified atom stereocenters. The zero-order valence-electron chi connectivity index (χ0n) is 30.4. The van der Waals surface area contributed by atoms with Gasteiger partial charge in [-0.3, -0.25) is 0 Å². The Labute approximate surface area is 285 Å². The van der Waals surface area contributed by atoms with Gasteiger partial charge in [-0.2, -0.15) is 0 Å². The van der Waals surface area contributed by atoms with Crippen molar-refractivity contribution in [2.75, 3.05) is 0 Å². The highest BCUT2D eigenvalue weighted by molar-refractivity contribution is 5.60. The molecule has 0 aromatic rings. The second-order valence-electron chi connectivity index (χ2n) is 18.2. The van der Waals surface area contributed by atoms with Crippen LogP contribution in [0.25, 0.3) is 0 Å². The van der Waals surface area contributed by atoms with Crippen molar-refractivity contribution in [1.82, 2.24) is 0 Å². The van der Waals surface area contributed by atoms with Gasteiger partial charge in [0.15, 0.2) is 23.8 Å². The van der Waals surface area contributed by atoms with Crippen LogP contribution in [0.15, 0.2) is 0 Å². The molecular formula is C37H58O11. The first-order valence-electron chi connectivity index (χ1n) is 18.9. The lowest BCUT2D eigenvalue weighted by Crippen LogP contribution is -2.72. The topological polar surface area (TPSA) is 109 Å². The number of fused-ring (bicyclic) bond motifs is 4. The quantitative estimate of drug-likeness (QED) is 0.223. The molecule has 0 N–H and O–H groups in total. The van der Waals surface area contributed by atoms with Gasteiger partial charge in [0.2, 0.25) is 11.6 Å². The first kappa shape index (κ1) is 34.1. The number of ether oxygens (including phenoxy) is 6. The van der Waals surface area contributed by atoms with E-state index in [9.17, 15) is 4.79 Å². The average Bonchev–Trinajstić information content (AvgIpc) is 3.38. The normalized spacial score (nSPS) is 54.7. The van der Waals surface area contributed by atoms with Crippen molar-refractivity contribution in [1.29, 1.82) is 0 Å². The maximum absolute atomic E-state index is 13.5. The van der Waals surface area contributed by atoms with Crippen LogP contribution in [0.4, 0.5) is 4.79 Å². The molecule has 48 heavy (non-hydrogen) atoms. The van der Waals surface area contributed by atoms with Crippen LogP contribution >= 0.6 is 0 Å². The summed E-state index contributed by atoms with van der Waals surface area (Å²) in [6.07, 6.45) is 4.58. The number of carbonyl (C=O) groups excluding carboxylic acids is 1. The van der Waals surface area contributed by atoms with Crippen LogP contribution in [0.5, 0.6) is 0 Å². The molecule has 17 atom stereocenters. The molecule has 11 heteroatoms. The summed E-state index contributed by atoms with van der Waals surface area (Å²) in [4.78, 5) is 38.4. The second-order valence-corrected chi connectivity index (χ2v) is 18.2. The Hall–Kier alpha value is -1.05. The molecule has 10 fully saturated rings. The predicted octanol–water partition coefficient (Wildman–Crippen LogP) is 7.20. The van der Waals surface area contributed by atoms with Crippen LogP contribution in [0, 0.1) is 47.3 Å². The van der Waals surface area contributed by atoms with E-state index in [1.165, 1.54) is 0 Å². The van der Waals surface area contributed by atoms with Crippen LogP contribution in [-0.4, -0.2) is 65.4 Å². The van der Waals surface area contributed by atoms with Gasteiger partial charge in [-0.05, 0) is 109 Å². The van der Waals surface area contributed by atoms with Gasteiger partial charge < -0.3 is 28.4 Å². The van der Waals surface area contributed by atoms with Crippen molar-refractivity contribution < 1.29 is 52.8 Å². The van der Waals surface area contributed by atoms with Crippen molar-refractivity contribution >= 4 is 6.16 Å². The smallest absolute Gasteiger partial charge is 0.429 e. The van der Waals surface area contributed by atoms with Crippen LogP contribution < -0.4 is 0 Å². The Balaban J connectivity index is 1.12. The van der Waals surface area contributed by atoms with Gasteiger partial charge in [0.25, 0.3) is 0 Å². The molecule has 8 saturated heterocycles. The minimum atomic E-state index is -0.900. The molecule has 8 heterocycles. The summed E-state index contributed by atoms with van der Waals surface area (Å²) >= 11 is 0. The standard InChI is InChI=1S/C37H58O11/c1-19-10-12-25-21(3)27(39-30-36(25)23(19)14-16-34(8,42-30)45-47-36)18-28(40-32(38)44-33(5,6)7)29-22(4)26-13-11-20(2)24-15-17-35(9)43-31(41-29)37(24,26)48-46-35/h19-31H,10-18H2,1-9H3/t19-,20-,21-,22-,23+,24+,25+,26+,27-,28+,29?,30-,31-,34+,35+,36?,37?/m1/s1. The Morgan fingerprint density at radius 3 is 1.77 bits per heavy atom. The maximum Gasteiger partial charge on any atom is 0.509 e. The molecule has 272 valence electrons. The molecule has 0 aromatic carbocycles. The fourth-order valence-corrected chi connectivity index (χ4v) is 11.5. The highest BCUT2D eigenvalue weighted by Crippen LogP contribution is 2.63. The van der Waals surface area contributed by atoms with Gasteiger partial charge in [-0.25, -0.2) is 24.3 Å². The van der Waals surface area contributed by atoms with E-state index < -0.39 is 59.3 Å². The van der Waals surface area contributed by atoms with Crippen molar-refractivity contribution in [3.05, 3.63) is 0 Å². The lowest BCUT2D eigenvalue weighted by atomic mass is 9.56. The molecule has 10 rings (SSSR count). The first-order chi connectivity index (χ1) is 22.6. The lowest BCUT2D eigenvalue weighted by Gasteiger charge is -2.62. The summed E-state index contributed by atoms with van der Waals surface area (Å²) in [5.41, 5.74) is -2.09. The largest absolute Gasteiger partial charge is 0.509 e. The molecule has 0 aromatic heterocycles. The lowest BCUT2D eigenvalue weighted by molar-refractivity contribution is -0.573. The third-order valence-corrected chi connectivity index (χ3v) is 14.0. The highest BCUT2D eigenvalue weighted by atomic mass is 17.3. The molecule has 10 aliphatic rings. The van der Waals surface area contributed by atoms with E-state index in [4.69, 9.17) is 48.0 Å². The third kappa shape index (κ3) is 5.14. The van der Waals surface area contributed by atoms with E-state index in [0.717, 1.165) is 51.4 Å². The molecule has 0 radical (unpaired) electrons. The van der Waals surface area contributed by atoms with Gasteiger partial charge >= 0.3 is 6.16 Å². The third-order valence-electron chi connectivity index (χ3n) is 14.0. The van der Waals surface area contributed by atoms with E-state index in [0.29, 0.717) is 18.3 Å². The zero-order valence-corrected chi connectivity index (χ0v) is 30.4. The number of hydrogen-bond donors (Lipinski definition) is 0. The number of rotatable bonds is 4. The van der Waals surface area contributed by atoms with Crippen molar-refractivity contribution in [3.63, 3.8) is 0 Å². The first-order valence-corrected chi connectivity index (χ1v) is 18.9. The molecule has 2 spiro atoms. The van der Waals surface area contributed by atoms with Gasteiger partial charge in [-0.1, -0.05) is 27.7 Å². The maximum atomic E-state index is 13.5. The van der Waals surface area contributed by atoms with Crippen LogP contribution in [0.3, 0.4) is 0 Å². The Bertz CT molecular complexity index is 1260. The van der Waals surface area contributed by atoms with Gasteiger partial charge in [0.05, 0.1) is 6.10 Å². The molecule has 4 bridgehead atoms. The van der Waals surface area contributed by atoms with Crippen LogP contribution in [-0.2, 0) is 48.0 Å². The van der Waals surface area contributed by atoms with Crippen molar-refractivity contribution in [2.24, 2.45) is 47.3 Å². The Kier molecular flexibility index (Phi) is 8.14. The SMILES string of the molecule is C[C@H]1[C@@H](C[C@H](OC(=O)OC(C)(C)C)C2O[C@@H]3O[C@]4(C)CC[C@H]5[C@H](C)CC[C@@H]([C@H]2C)C35OO4)O[C@@H]2O[C@]3(C)CC[C@H]4[C@H](C)CC[C@@H]1C24OO3. The molecular weight excluding hydrogens is 620 g/mol. The highest BCUT2D eigenvalue weighted by Gasteiger charge is 2.72. The summed E-state index contributed by atoms with van der Waals surface area (Å²) in [6.45, 7) is 18.5. The Morgan fingerprint density at radius 1 is 0.708 bits per heavy atom. The summed E-state index contributed by atoms with van der Waals surface area (Å²) in [6, 6.07) is 0.